The Balaban J connectivity index is 6.34. The van der Waals surface area contributed by atoms with Gasteiger partial charge in [-0.25, -0.2) is 0 Å². The van der Waals surface area contributed by atoms with Gasteiger partial charge in [0.1, 0.15) is 8.24 Å². The van der Waals surface area contributed by atoms with Crippen LogP contribution in [0.2, 0.25) is 18.1 Å². The molecule has 29 heteroatoms. The molecule has 0 aromatic heterocycles. The summed E-state index contributed by atoms with van der Waals surface area (Å²) in [6, 6.07) is -4.80. The first-order chi connectivity index (χ1) is 21.4. The summed E-state index contributed by atoms with van der Waals surface area (Å²) in [6.45, 7) is 0. The highest BCUT2D eigenvalue weighted by atomic mass is 28.3. The van der Waals surface area contributed by atoms with Gasteiger partial charge < -0.3 is 5.40 Å². The Morgan fingerprint density at radius 3 is 0.580 bits per heavy atom. The van der Waals surface area contributed by atoms with Gasteiger partial charge >= 0.3 is 71.8 Å². The highest BCUT2D eigenvalue weighted by Crippen LogP contribution is 2.57. The van der Waals surface area contributed by atoms with Gasteiger partial charge in [0.15, 0.2) is 0 Å². The number of halogens is 27. The zero-order chi connectivity index (χ0) is 40.9. The lowest BCUT2D eigenvalue weighted by Crippen LogP contribution is -2.61. The van der Waals surface area contributed by atoms with Crippen molar-refractivity contribution in [2.24, 2.45) is 5.40 Å². The summed E-state index contributed by atoms with van der Waals surface area (Å²) in [6.07, 6.45) is -36.0. The molecule has 0 saturated carbocycles. The summed E-state index contributed by atoms with van der Waals surface area (Å²) in [5.74, 6) is -63.4. The van der Waals surface area contributed by atoms with Gasteiger partial charge in [-0.2, -0.15) is 119 Å². The summed E-state index contributed by atoms with van der Waals surface area (Å²) in [5, 5.41) is 5.54. The van der Waals surface area contributed by atoms with Crippen LogP contribution in [0.25, 0.3) is 0 Å². The van der Waals surface area contributed by atoms with Crippen molar-refractivity contribution in [3.8, 4) is 0 Å². The van der Waals surface area contributed by atoms with Crippen molar-refractivity contribution in [1.29, 1.82) is 0 Å². The third kappa shape index (κ3) is 8.90. The van der Waals surface area contributed by atoms with Gasteiger partial charge in [0, 0.05) is 19.3 Å². The predicted octanol–water partition coefficient (Wildman–Crippen LogP) is 11.6. The Morgan fingerprint density at radius 2 is 0.440 bits per heavy atom. The van der Waals surface area contributed by atoms with Gasteiger partial charge in [-0.1, -0.05) is 0 Å². The van der Waals surface area contributed by atoms with E-state index in [1.165, 1.54) is 0 Å². The Kier molecular flexibility index (Phi) is 13.5. The molecular weight excluding hydrogens is 807 g/mol. The molecule has 0 saturated heterocycles. The monoisotopic (exact) mass is 827 g/mol. The third-order valence-corrected chi connectivity index (χ3v) is 11.2. The fourth-order valence-electron chi connectivity index (χ4n) is 4.06. The van der Waals surface area contributed by atoms with E-state index in [1.807, 2.05) is 0 Å². The van der Waals surface area contributed by atoms with Crippen LogP contribution in [0.1, 0.15) is 38.5 Å². The molecule has 0 radical (unpaired) electrons. The Bertz CT molecular complexity index is 980. The number of hydrogen-bond acceptors (Lipinski definition) is 1. The largest absolute Gasteiger partial charge is 0.460 e. The van der Waals surface area contributed by atoms with E-state index in [-0.39, 0.29) is 0 Å². The van der Waals surface area contributed by atoms with Crippen LogP contribution in [0, 0.1) is 0 Å². The van der Waals surface area contributed by atoms with Gasteiger partial charge in [0.2, 0.25) is 0 Å². The van der Waals surface area contributed by atoms with Crippen molar-refractivity contribution < 1.29 is 119 Å². The van der Waals surface area contributed by atoms with Gasteiger partial charge in [-0.3, -0.25) is 0 Å². The van der Waals surface area contributed by atoms with Crippen LogP contribution in [-0.2, 0) is 0 Å². The molecule has 0 aromatic rings. The van der Waals surface area contributed by atoms with Crippen molar-refractivity contribution in [1.82, 2.24) is 0 Å². The number of rotatable bonds is 18. The molecule has 0 aliphatic heterocycles. The summed E-state index contributed by atoms with van der Waals surface area (Å²) < 4.78 is 353. The van der Waals surface area contributed by atoms with Crippen LogP contribution in [-0.4, -0.2) is 80.1 Å². The van der Waals surface area contributed by atoms with Crippen LogP contribution in [0.15, 0.2) is 0 Å². The quantitative estimate of drug-likeness (QED) is 0.108. The average molecular weight is 827 g/mol. The molecule has 0 unspecified atom stereocenters. The molecule has 1 nitrogen and oxygen atoms in total. The zero-order valence-electron chi connectivity index (χ0n) is 23.6. The minimum absolute atomic E-state index is 1.60. The van der Waals surface area contributed by atoms with Crippen LogP contribution in [0.3, 0.4) is 0 Å². The summed E-state index contributed by atoms with van der Waals surface area (Å²) in [7, 11) is -4.94. The molecule has 0 aliphatic rings. The fourth-order valence-corrected chi connectivity index (χ4v) is 7.45. The smallest absolute Gasteiger partial charge is 0.351 e. The molecule has 0 aliphatic carbocycles. The normalized spacial score (nSPS) is 16.3. The van der Waals surface area contributed by atoms with Gasteiger partial charge in [0.05, 0.1) is 0 Å². The Morgan fingerprint density at radius 1 is 0.280 bits per heavy atom. The number of alkyl halides is 27. The molecule has 302 valence electrons. The van der Waals surface area contributed by atoms with Gasteiger partial charge in [-0.05, 0) is 37.4 Å². The highest BCUT2D eigenvalue weighted by molar-refractivity contribution is 6.76. The first kappa shape index (κ1) is 48.3. The molecule has 0 atom stereocenters. The maximum absolute atomic E-state index is 13.9. The SMILES string of the molecule is N[Si](CCCC(F)(F)C(F)(F)C(F)(F)C(F)(F)F)(CCCC(F)(F)C(F)(F)C(F)(F)C(F)(F)F)CCCC(F)(F)C(F)(F)C(F)(F)C(F)(F)F. The van der Waals surface area contributed by atoms with E-state index in [0.717, 1.165) is 0 Å². The molecule has 0 aromatic carbocycles. The van der Waals surface area contributed by atoms with E-state index in [0.29, 0.717) is 0 Å². The van der Waals surface area contributed by atoms with Crippen LogP contribution >= 0.6 is 0 Å². The third-order valence-electron chi connectivity index (χ3n) is 7.13. The second kappa shape index (κ2) is 13.9. The minimum atomic E-state index is -7.47. The van der Waals surface area contributed by atoms with Crippen molar-refractivity contribution in [3.63, 3.8) is 0 Å². The maximum Gasteiger partial charge on any atom is 0.460 e. The first-order valence-electron chi connectivity index (χ1n) is 12.8. The van der Waals surface area contributed by atoms with Crippen molar-refractivity contribution in [2.45, 2.75) is 128 Å². The molecule has 0 amide bonds. The molecule has 0 spiro atoms. The van der Waals surface area contributed by atoms with Gasteiger partial charge in [0.25, 0.3) is 0 Å². The first-order valence-corrected chi connectivity index (χ1v) is 15.5. The standard InChI is InChI=1S/C21H20F27NSi/c22-10(23,13(28,29)16(34,35)19(40,41)42)4-1-7-50(49,8-2-5-11(24,25)14(30,31)17(36,37)20(43,44)45)9-3-6-12(26,27)15(32,33)18(38,39)21(46,47)48/h1-9,49H2. The van der Waals surface area contributed by atoms with Gasteiger partial charge in [-0.15, -0.1) is 0 Å². The lowest BCUT2D eigenvalue weighted by molar-refractivity contribution is -0.396. The fraction of sp³-hybridized carbons (Fsp3) is 1.00. The van der Waals surface area contributed by atoms with Crippen LogP contribution in [0.5, 0.6) is 0 Å². The predicted molar refractivity (Wildman–Crippen MR) is 115 cm³/mol. The maximum atomic E-state index is 13.9. The molecule has 50 heavy (non-hydrogen) atoms. The van der Waals surface area contributed by atoms with E-state index in [1.54, 1.807) is 0 Å². The van der Waals surface area contributed by atoms with Crippen molar-refractivity contribution >= 4 is 8.24 Å². The average Bonchev–Trinajstić information content (AvgIpc) is 2.85. The lowest BCUT2D eigenvalue weighted by atomic mass is 10.00. The molecule has 0 rings (SSSR count). The number of hydrogen-bond donors (Lipinski definition) is 1. The summed E-state index contributed by atoms with van der Waals surface area (Å²) in [5.41, 5.74) is 0. The van der Waals surface area contributed by atoms with E-state index >= 15 is 0 Å². The van der Waals surface area contributed by atoms with Crippen molar-refractivity contribution in [2.75, 3.05) is 0 Å². The van der Waals surface area contributed by atoms with E-state index in [4.69, 9.17) is 5.40 Å². The molecule has 0 bridgehead atoms. The Labute approximate surface area is 261 Å². The molecular formula is C21H20F27NSi. The summed E-state index contributed by atoms with van der Waals surface area (Å²) >= 11 is 0. The highest BCUT2D eigenvalue weighted by Gasteiger charge is 2.83. The molecule has 0 fully saturated rings. The molecule has 2 N–H and O–H groups in total. The van der Waals surface area contributed by atoms with Crippen molar-refractivity contribution in [3.05, 3.63) is 0 Å². The van der Waals surface area contributed by atoms with Crippen LogP contribution < -0.4 is 5.40 Å². The van der Waals surface area contributed by atoms with E-state index in [9.17, 15) is 119 Å². The number of nitrogens with two attached hydrogens (primary N) is 1. The Hall–Kier alpha value is -1.71. The molecule has 0 heterocycles. The second-order valence-corrected chi connectivity index (χ2v) is 15.2. The van der Waals surface area contributed by atoms with E-state index in [2.05, 4.69) is 0 Å². The lowest BCUT2D eigenvalue weighted by Gasteiger charge is -2.36. The minimum Gasteiger partial charge on any atom is -0.351 e. The van der Waals surface area contributed by atoms with E-state index < -0.39 is 137 Å². The summed E-state index contributed by atoms with van der Waals surface area (Å²) in [4.78, 5) is 0. The van der Waals surface area contributed by atoms with Crippen LogP contribution in [0.4, 0.5) is 119 Å². The topological polar surface area (TPSA) is 26.0 Å². The zero-order valence-corrected chi connectivity index (χ0v) is 24.6. The second-order valence-electron chi connectivity index (χ2n) is 11.0.